The molecule has 1 N–H and O–H groups in total. The molecular formula is C13H20F2N2O3S. The number of nitrogens with zero attached hydrogens (tertiary/aromatic N) is 1. The molecule has 1 heterocycles. The van der Waals surface area contributed by atoms with Gasteiger partial charge in [0, 0.05) is 37.9 Å². The highest BCUT2D eigenvalue weighted by Gasteiger charge is 2.54. The van der Waals surface area contributed by atoms with E-state index in [1.54, 1.807) is 4.90 Å². The molecule has 1 aliphatic heterocycles. The Morgan fingerprint density at radius 1 is 1.24 bits per heavy atom. The quantitative estimate of drug-likeness (QED) is 0.842. The van der Waals surface area contributed by atoms with Crippen molar-refractivity contribution in [2.75, 3.05) is 19.3 Å². The van der Waals surface area contributed by atoms with Crippen LogP contribution in [0.2, 0.25) is 0 Å². The van der Waals surface area contributed by atoms with Crippen LogP contribution < -0.4 is 4.72 Å². The number of alkyl halides is 2. The zero-order valence-corrected chi connectivity index (χ0v) is 12.8. The van der Waals surface area contributed by atoms with Crippen LogP contribution in [0, 0.1) is 11.3 Å². The van der Waals surface area contributed by atoms with Crippen LogP contribution in [-0.4, -0.2) is 50.5 Å². The first kappa shape index (κ1) is 15.1. The van der Waals surface area contributed by atoms with Crippen molar-refractivity contribution in [1.29, 1.82) is 0 Å². The largest absolute Gasteiger partial charge is 0.342 e. The molecule has 1 amide bonds. The number of likely N-dealkylation sites (tertiary alicyclic amines) is 1. The third-order valence-electron chi connectivity index (χ3n) is 4.93. The summed E-state index contributed by atoms with van der Waals surface area (Å²) in [6.07, 6.45) is 2.78. The van der Waals surface area contributed by atoms with Crippen molar-refractivity contribution >= 4 is 15.9 Å². The summed E-state index contributed by atoms with van der Waals surface area (Å²) >= 11 is 0. The van der Waals surface area contributed by atoms with E-state index in [1.165, 1.54) is 0 Å². The number of nitrogens with one attached hydrogen (secondary N) is 1. The van der Waals surface area contributed by atoms with Crippen molar-refractivity contribution in [2.45, 2.75) is 44.1 Å². The maximum Gasteiger partial charge on any atom is 0.249 e. The van der Waals surface area contributed by atoms with Crippen molar-refractivity contribution in [3.63, 3.8) is 0 Å². The molecule has 1 spiro atoms. The molecule has 2 saturated carbocycles. The van der Waals surface area contributed by atoms with Crippen LogP contribution in [0.25, 0.3) is 0 Å². The number of hydrogen-bond donors (Lipinski definition) is 1. The van der Waals surface area contributed by atoms with Gasteiger partial charge in [0.15, 0.2) is 0 Å². The Bertz CT molecular complexity index is 550. The Hall–Kier alpha value is -0.760. The summed E-state index contributed by atoms with van der Waals surface area (Å²) < 4.78 is 50.6. The van der Waals surface area contributed by atoms with Crippen LogP contribution in [0.4, 0.5) is 8.78 Å². The smallest absolute Gasteiger partial charge is 0.249 e. The van der Waals surface area contributed by atoms with Crippen molar-refractivity contribution in [3.05, 3.63) is 0 Å². The van der Waals surface area contributed by atoms with E-state index in [4.69, 9.17) is 0 Å². The molecule has 2 aliphatic carbocycles. The van der Waals surface area contributed by atoms with Gasteiger partial charge in [-0.15, -0.1) is 0 Å². The Kier molecular flexibility index (Phi) is 3.33. The maximum atomic E-state index is 12.8. The highest BCUT2D eigenvalue weighted by atomic mass is 32.2. The van der Waals surface area contributed by atoms with Crippen LogP contribution in [0.5, 0.6) is 0 Å². The first-order valence-corrected chi connectivity index (χ1v) is 9.11. The third-order valence-corrected chi connectivity index (χ3v) is 5.69. The predicted octanol–water partition coefficient (Wildman–Crippen LogP) is 0.962. The molecule has 3 rings (SSSR count). The predicted molar refractivity (Wildman–Crippen MR) is 72.3 cm³/mol. The molecule has 0 atom stereocenters. The molecule has 0 radical (unpaired) electrons. The number of carbonyl (C=O) groups excluding carboxylic acids is 1. The highest BCUT2D eigenvalue weighted by molar-refractivity contribution is 7.88. The summed E-state index contributed by atoms with van der Waals surface area (Å²) in [6, 6.07) is -0.0527. The minimum Gasteiger partial charge on any atom is -0.342 e. The number of halogens is 2. The van der Waals surface area contributed by atoms with E-state index in [9.17, 15) is 22.0 Å². The molecule has 3 fully saturated rings. The Labute approximate surface area is 123 Å². The summed E-state index contributed by atoms with van der Waals surface area (Å²) in [5, 5.41) is 0. The first-order valence-electron chi connectivity index (χ1n) is 7.22. The van der Waals surface area contributed by atoms with Crippen LogP contribution in [-0.2, 0) is 14.8 Å². The van der Waals surface area contributed by atoms with E-state index >= 15 is 0 Å². The molecule has 0 unspecified atom stereocenters. The topological polar surface area (TPSA) is 66.5 Å². The van der Waals surface area contributed by atoms with Crippen molar-refractivity contribution in [2.24, 2.45) is 11.3 Å². The lowest BCUT2D eigenvalue weighted by atomic mass is 9.65. The number of hydrogen-bond acceptors (Lipinski definition) is 3. The summed E-state index contributed by atoms with van der Waals surface area (Å²) in [5.41, 5.74) is -0.00964. The SMILES string of the molecule is CS(=O)(=O)NC1CC2(CCN(C(=O)C3CC(F)(F)C3)C2)C1. The molecule has 3 aliphatic rings. The molecule has 0 bridgehead atoms. The first-order chi connectivity index (χ1) is 9.58. The number of rotatable bonds is 3. The van der Waals surface area contributed by atoms with Gasteiger partial charge in [-0.3, -0.25) is 4.79 Å². The Morgan fingerprint density at radius 3 is 2.38 bits per heavy atom. The van der Waals surface area contributed by atoms with Gasteiger partial charge in [-0.05, 0) is 24.7 Å². The molecular weight excluding hydrogens is 302 g/mol. The zero-order chi connectivity index (χ0) is 15.5. The molecule has 1 saturated heterocycles. The Balaban J connectivity index is 1.50. The lowest BCUT2D eigenvalue weighted by Crippen LogP contribution is -2.52. The normalized spacial score (nSPS) is 31.0. The summed E-state index contributed by atoms with van der Waals surface area (Å²) in [5.74, 6) is -3.35. The van der Waals surface area contributed by atoms with E-state index < -0.39 is 21.9 Å². The number of amides is 1. The minimum absolute atomic E-state index is 0.00964. The van der Waals surface area contributed by atoms with Gasteiger partial charge in [-0.2, -0.15) is 0 Å². The van der Waals surface area contributed by atoms with Crippen LogP contribution in [0.15, 0.2) is 0 Å². The fraction of sp³-hybridized carbons (Fsp3) is 0.923. The van der Waals surface area contributed by atoms with E-state index in [2.05, 4.69) is 4.72 Å². The van der Waals surface area contributed by atoms with E-state index in [-0.39, 0.29) is 30.2 Å². The average Bonchev–Trinajstić information content (AvgIpc) is 2.67. The standard InChI is InChI=1S/C13H20F2N2O3S/c1-21(19,20)16-10-6-12(7-10)2-3-17(8-12)11(18)9-4-13(14,15)5-9/h9-10,16H,2-8H2,1H3. The fourth-order valence-electron chi connectivity index (χ4n) is 3.92. The van der Waals surface area contributed by atoms with Crippen molar-refractivity contribution in [1.82, 2.24) is 9.62 Å². The summed E-state index contributed by atoms with van der Waals surface area (Å²) in [6.45, 7) is 1.18. The lowest BCUT2D eigenvalue weighted by Gasteiger charge is -2.45. The number of carbonyl (C=O) groups is 1. The van der Waals surface area contributed by atoms with Crippen molar-refractivity contribution < 1.29 is 22.0 Å². The van der Waals surface area contributed by atoms with Crippen LogP contribution in [0.3, 0.4) is 0 Å². The summed E-state index contributed by atoms with van der Waals surface area (Å²) in [7, 11) is -3.20. The second-order valence-corrected chi connectivity index (χ2v) is 8.75. The number of sulfonamides is 1. The Morgan fingerprint density at radius 2 is 1.86 bits per heavy atom. The van der Waals surface area contributed by atoms with Crippen LogP contribution >= 0.6 is 0 Å². The van der Waals surface area contributed by atoms with Gasteiger partial charge in [0.2, 0.25) is 21.9 Å². The highest BCUT2D eigenvalue weighted by Crippen LogP contribution is 2.50. The third kappa shape index (κ3) is 3.06. The van der Waals surface area contributed by atoms with Gasteiger partial charge < -0.3 is 4.90 Å². The second-order valence-electron chi connectivity index (χ2n) is 6.97. The van der Waals surface area contributed by atoms with Gasteiger partial charge in [0.25, 0.3) is 0 Å². The zero-order valence-electron chi connectivity index (χ0n) is 11.9. The molecule has 21 heavy (non-hydrogen) atoms. The fourth-order valence-corrected chi connectivity index (χ4v) is 4.69. The molecule has 0 aromatic rings. The second kappa shape index (κ2) is 4.62. The van der Waals surface area contributed by atoms with E-state index in [1.807, 2.05) is 0 Å². The van der Waals surface area contributed by atoms with E-state index in [0.717, 1.165) is 25.5 Å². The van der Waals surface area contributed by atoms with Crippen molar-refractivity contribution in [3.8, 4) is 0 Å². The molecule has 0 aromatic heterocycles. The van der Waals surface area contributed by atoms with Gasteiger partial charge in [-0.1, -0.05) is 0 Å². The monoisotopic (exact) mass is 322 g/mol. The minimum atomic E-state index is -3.20. The molecule has 0 aromatic carbocycles. The van der Waals surface area contributed by atoms with Gasteiger partial charge in [0.05, 0.1) is 6.26 Å². The molecule has 5 nitrogen and oxygen atoms in total. The van der Waals surface area contributed by atoms with Gasteiger partial charge >= 0.3 is 0 Å². The molecule has 8 heteroatoms. The van der Waals surface area contributed by atoms with Gasteiger partial charge in [-0.25, -0.2) is 21.9 Å². The maximum absolute atomic E-state index is 12.8. The lowest BCUT2D eigenvalue weighted by molar-refractivity contribution is -0.159. The van der Waals surface area contributed by atoms with Crippen LogP contribution in [0.1, 0.15) is 32.1 Å². The van der Waals surface area contributed by atoms with Gasteiger partial charge in [0.1, 0.15) is 0 Å². The van der Waals surface area contributed by atoms with E-state index in [0.29, 0.717) is 13.1 Å². The summed E-state index contributed by atoms with van der Waals surface area (Å²) in [4.78, 5) is 13.8. The molecule has 120 valence electrons. The average molecular weight is 322 g/mol.